The highest BCUT2D eigenvalue weighted by Gasteiger charge is 2.30. The van der Waals surface area contributed by atoms with E-state index in [0.29, 0.717) is 5.69 Å². The van der Waals surface area contributed by atoms with Crippen molar-refractivity contribution < 1.29 is 17.9 Å². The van der Waals surface area contributed by atoms with E-state index in [1.54, 1.807) is 18.2 Å². The van der Waals surface area contributed by atoms with E-state index >= 15 is 0 Å². The number of hydrogen-bond acceptors (Lipinski definition) is 4. The molecule has 3 rings (SSSR count). The first-order valence-electron chi connectivity index (χ1n) is 9.96. The van der Waals surface area contributed by atoms with Crippen LogP contribution in [0.15, 0.2) is 71.6 Å². The molecular weight excluding hydrogens is 448 g/mol. The fourth-order valence-electron chi connectivity index (χ4n) is 3.35. The van der Waals surface area contributed by atoms with Gasteiger partial charge in [-0.2, -0.15) is 4.31 Å². The quantitative estimate of drug-likeness (QED) is 0.511. The summed E-state index contributed by atoms with van der Waals surface area (Å²) in [5.41, 5.74) is 3.21. The number of sulfonamides is 1. The highest BCUT2D eigenvalue weighted by atomic mass is 35.5. The van der Waals surface area contributed by atoms with E-state index in [1.165, 1.54) is 19.2 Å². The molecule has 0 spiro atoms. The van der Waals surface area contributed by atoms with E-state index in [9.17, 15) is 13.2 Å². The maximum absolute atomic E-state index is 13.6. The molecule has 0 aliphatic heterocycles. The number of rotatable bonds is 8. The Kier molecular flexibility index (Phi) is 7.56. The second-order valence-electron chi connectivity index (χ2n) is 7.37. The van der Waals surface area contributed by atoms with Gasteiger partial charge in [0, 0.05) is 17.3 Å². The van der Waals surface area contributed by atoms with Crippen LogP contribution < -0.4 is 10.1 Å². The van der Waals surface area contributed by atoms with Crippen LogP contribution >= 0.6 is 11.6 Å². The van der Waals surface area contributed by atoms with Crippen LogP contribution in [-0.2, 0) is 21.4 Å². The second-order valence-corrected chi connectivity index (χ2v) is 9.71. The zero-order chi connectivity index (χ0) is 23.3. The Morgan fingerprint density at radius 1 is 1.00 bits per heavy atom. The third-order valence-corrected chi connectivity index (χ3v) is 7.06. The molecule has 0 bridgehead atoms. The molecule has 0 atom stereocenters. The Bertz CT molecular complexity index is 1190. The Morgan fingerprint density at radius 3 is 2.28 bits per heavy atom. The lowest BCUT2D eigenvalue weighted by molar-refractivity contribution is -0.116. The number of nitrogens with zero attached hydrogens (tertiary/aromatic N) is 1. The SMILES string of the molecule is COc1ccc(Cl)cc1S(=O)(=O)N(CC(=O)Nc1c(C)cccc1C)Cc1ccccc1. The van der Waals surface area contributed by atoms with Crippen LogP contribution in [0.2, 0.25) is 5.02 Å². The van der Waals surface area contributed by atoms with Crippen LogP contribution in [0, 0.1) is 13.8 Å². The van der Waals surface area contributed by atoms with Crippen molar-refractivity contribution in [3.63, 3.8) is 0 Å². The number of hydrogen-bond donors (Lipinski definition) is 1. The maximum Gasteiger partial charge on any atom is 0.247 e. The maximum atomic E-state index is 13.6. The fraction of sp³-hybridized carbons (Fsp3) is 0.208. The molecule has 0 aliphatic rings. The number of para-hydroxylation sites is 1. The minimum Gasteiger partial charge on any atom is -0.495 e. The number of carbonyl (C=O) groups excluding carboxylic acids is 1. The van der Waals surface area contributed by atoms with Gasteiger partial charge in [-0.05, 0) is 48.7 Å². The Labute approximate surface area is 193 Å². The third-order valence-electron chi connectivity index (χ3n) is 5.01. The van der Waals surface area contributed by atoms with E-state index in [-0.39, 0.29) is 28.8 Å². The van der Waals surface area contributed by atoms with Crippen LogP contribution in [0.3, 0.4) is 0 Å². The van der Waals surface area contributed by atoms with Gasteiger partial charge in [-0.1, -0.05) is 60.1 Å². The number of methoxy groups -OCH3 is 1. The number of aryl methyl sites for hydroxylation is 2. The molecule has 0 aliphatic carbocycles. The van der Waals surface area contributed by atoms with E-state index in [2.05, 4.69) is 5.32 Å². The Balaban J connectivity index is 1.97. The van der Waals surface area contributed by atoms with Crippen molar-refractivity contribution in [3.8, 4) is 5.75 Å². The normalized spacial score (nSPS) is 11.4. The average molecular weight is 473 g/mol. The number of amides is 1. The van der Waals surface area contributed by atoms with Crippen molar-refractivity contribution in [1.29, 1.82) is 0 Å². The van der Waals surface area contributed by atoms with Crippen molar-refractivity contribution in [3.05, 3.63) is 88.4 Å². The summed E-state index contributed by atoms with van der Waals surface area (Å²) >= 11 is 6.07. The van der Waals surface area contributed by atoms with Crippen LogP contribution in [0.1, 0.15) is 16.7 Å². The molecule has 8 heteroatoms. The number of benzene rings is 3. The molecule has 0 heterocycles. The van der Waals surface area contributed by atoms with Crippen LogP contribution in [0.25, 0.3) is 0 Å². The lowest BCUT2D eigenvalue weighted by Gasteiger charge is -2.23. The molecule has 1 N–H and O–H groups in total. The molecule has 1 amide bonds. The molecule has 0 saturated heterocycles. The number of carbonyl (C=O) groups is 1. The van der Waals surface area contributed by atoms with Crippen molar-refractivity contribution in [1.82, 2.24) is 4.31 Å². The predicted octanol–water partition coefficient (Wildman–Crippen LogP) is 4.80. The van der Waals surface area contributed by atoms with Gasteiger partial charge in [0.25, 0.3) is 0 Å². The van der Waals surface area contributed by atoms with E-state index < -0.39 is 15.9 Å². The second kappa shape index (κ2) is 10.2. The summed E-state index contributed by atoms with van der Waals surface area (Å²) in [6, 6.07) is 19.1. The molecule has 6 nitrogen and oxygen atoms in total. The zero-order valence-electron chi connectivity index (χ0n) is 18.1. The molecule has 3 aromatic carbocycles. The highest BCUT2D eigenvalue weighted by Crippen LogP contribution is 2.30. The van der Waals surface area contributed by atoms with Gasteiger partial charge in [0.2, 0.25) is 15.9 Å². The van der Waals surface area contributed by atoms with Gasteiger partial charge in [-0.25, -0.2) is 8.42 Å². The first-order chi connectivity index (χ1) is 15.2. The van der Waals surface area contributed by atoms with Gasteiger partial charge in [-0.3, -0.25) is 4.79 Å². The minimum absolute atomic E-state index is 0.0129. The fourth-order valence-corrected chi connectivity index (χ4v) is 5.16. The molecule has 0 radical (unpaired) electrons. The largest absolute Gasteiger partial charge is 0.495 e. The van der Waals surface area contributed by atoms with Gasteiger partial charge in [0.05, 0.1) is 13.7 Å². The summed E-state index contributed by atoms with van der Waals surface area (Å²) in [6.07, 6.45) is 0. The summed E-state index contributed by atoms with van der Waals surface area (Å²) in [4.78, 5) is 12.8. The molecular formula is C24H25ClN2O4S. The summed E-state index contributed by atoms with van der Waals surface area (Å²) in [6.45, 7) is 3.41. The third kappa shape index (κ3) is 5.48. The molecule has 168 valence electrons. The summed E-state index contributed by atoms with van der Waals surface area (Å²) in [5, 5.41) is 3.11. The lowest BCUT2D eigenvalue weighted by atomic mass is 10.1. The van der Waals surface area contributed by atoms with Gasteiger partial charge < -0.3 is 10.1 Å². The highest BCUT2D eigenvalue weighted by molar-refractivity contribution is 7.89. The van der Waals surface area contributed by atoms with E-state index in [0.717, 1.165) is 21.0 Å². The van der Waals surface area contributed by atoms with Crippen molar-refractivity contribution in [2.45, 2.75) is 25.3 Å². The van der Waals surface area contributed by atoms with Crippen LogP contribution in [0.5, 0.6) is 5.75 Å². The first-order valence-corrected chi connectivity index (χ1v) is 11.8. The minimum atomic E-state index is -4.11. The van der Waals surface area contributed by atoms with Gasteiger partial charge in [0.15, 0.2) is 0 Å². The monoisotopic (exact) mass is 472 g/mol. The number of anilines is 1. The molecule has 32 heavy (non-hydrogen) atoms. The van der Waals surface area contributed by atoms with E-state index in [1.807, 2.05) is 50.2 Å². The smallest absolute Gasteiger partial charge is 0.247 e. The van der Waals surface area contributed by atoms with Crippen molar-refractivity contribution in [2.24, 2.45) is 0 Å². The topological polar surface area (TPSA) is 75.7 Å². The van der Waals surface area contributed by atoms with Gasteiger partial charge in [-0.15, -0.1) is 0 Å². The average Bonchev–Trinajstić information content (AvgIpc) is 2.76. The van der Waals surface area contributed by atoms with Gasteiger partial charge in [0.1, 0.15) is 10.6 Å². The van der Waals surface area contributed by atoms with Gasteiger partial charge >= 0.3 is 0 Å². The zero-order valence-corrected chi connectivity index (χ0v) is 19.7. The first kappa shape index (κ1) is 23.8. The van der Waals surface area contributed by atoms with Crippen molar-refractivity contribution >= 4 is 33.2 Å². The van der Waals surface area contributed by atoms with Crippen LogP contribution in [0.4, 0.5) is 5.69 Å². The molecule has 0 aromatic heterocycles. The summed E-state index contributed by atoms with van der Waals surface area (Å²) in [7, 11) is -2.72. The van der Waals surface area contributed by atoms with Crippen LogP contribution in [-0.4, -0.2) is 32.3 Å². The molecule has 3 aromatic rings. The van der Waals surface area contributed by atoms with Crippen molar-refractivity contribution in [2.75, 3.05) is 19.0 Å². The number of ether oxygens (including phenoxy) is 1. The summed E-state index contributed by atoms with van der Waals surface area (Å²) < 4.78 is 33.6. The Morgan fingerprint density at radius 2 is 1.66 bits per heavy atom. The predicted molar refractivity (Wildman–Crippen MR) is 127 cm³/mol. The number of nitrogens with one attached hydrogen (secondary N) is 1. The molecule has 0 saturated carbocycles. The lowest BCUT2D eigenvalue weighted by Crippen LogP contribution is -2.38. The standard InChI is InChI=1S/C24H25ClN2O4S/c1-17-8-7-9-18(2)24(17)26-23(28)16-27(15-19-10-5-4-6-11-19)32(29,30)22-14-20(25)12-13-21(22)31-3/h4-14H,15-16H2,1-3H3,(H,26,28). The van der Waals surface area contributed by atoms with E-state index in [4.69, 9.17) is 16.3 Å². The number of halogens is 1. The Hall–Kier alpha value is -2.87. The summed E-state index contributed by atoms with van der Waals surface area (Å²) in [5.74, 6) is -0.287. The molecule has 0 unspecified atom stereocenters. The molecule has 0 fully saturated rings.